The van der Waals surface area contributed by atoms with Crippen molar-refractivity contribution >= 4 is 39.0 Å². The van der Waals surface area contributed by atoms with Crippen LogP contribution in [0.4, 0.5) is 5.69 Å². The highest BCUT2D eigenvalue weighted by Crippen LogP contribution is 2.47. The van der Waals surface area contributed by atoms with Crippen LogP contribution in [0, 0.1) is 17.8 Å². The molecule has 11 heteroatoms. The first-order valence-corrected chi connectivity index (χ1v) is 18.5. The van der Waals surface area contributed by atoms with E-state index in [4.69, 9.17) is 25.8 Å². The van der Waals surface area contributed by atoms with Crippen molar-refractivity contribution in [2.24, 2.45) is 22.1 Å². The molecule has 0 aromatic heterocycles. The van der Waals surface area contributed by atoms with E-state index in [1.54, 1.807) is 53.0 Å². The number of hydrogen-bond donors (Lipinski definition) is 1. The van der Waals surface area contributed by atoms with Crippen molar-refractivity contribution < 1.29 is 28.0 Å². The summed E-state index contributed by atoms with van der Waals surface area (Å²) in [6.07, 6.45) is 8.83. The quantitative estimate of drug-likeness (QED) is 0.381. The molecular formula is C36H46ClN3O6S. The fourth-order valence-electron chi connectivity index (χ4n) is 7.32. The third kappa shape index (κ3) is 6.71. The number of hydrogen-bond acceptors (Lipinski definition) is 7. The van der Waals surface area contributed by atoms with E-state index < -0.39 is 33.2 Å². The molecule has 1 unspecified atom stereocenters. The van der Waals surface area contributed by atoms with E-state index >= 15 is 0 Å². The molecular weight excluding hydrogens is 638 g/mol. The molecule has 1 fully saturated rings. The molecule has 0 saturated heterocycles. The van der Waals surface area contributed by atoms with Crippen LogP contribution in [0.3, 0.4) is 0 Å². The molecule has 2 amide bonds. The minimum absolute atomic E-state index is 0.0979. The zero-order valence-electron chi connectivity index (χ0n) is 27.9. The number of nitrogens with one attached hydrogen (secondary N) is 1. The number of ether oxygens (including phenoxy) is 3. The maximum atomic E-state index is 14.8. The number of anilines is 1. The molecule has 2 aromatic rings. The average molecular weight is 684 g/mol. The molecule has 6 rings (SSSR count). The Morgan fingerprint density at radius 2 is 2.00 bits per heavy atom. The average Bonchev–Trinajstić information content (AvgIpc) is 3.16. The van der Waals surface area contributed by atoms with E-state index in [0.29, 0.717) is 30.7 Å². The Morgan fingerprint density at radius 1 is 1.19 bits per heavy atom. The predicted octanol–water partition coefficient (Wildman–Crippen LogP) is 6.26. The number of methoxy groups -OCH3 is 1. The first-order chi connectivity index (χ1) is 22.3. The summed E-state index contributed by atoms with van der Waals surface area (Å²) in [7, 11) is -2.01. The van der Waals surface area contributed by atoms with Gasteiger partial charge in [-0.25, -0.2) is 4.21 Å². The Labute approximate surface area is 283 Å². The molecule has 0 radical (unpaired) electrons. The summed E-state index contributed by atoms with van der Waals surface area (Å²) in [5.41, 5.74) is 1.60. The second kappa shape index (κ2) is 13.2. The van der Waals surface area contributed by atoms with Gasteiger partial charge in [0.05, 0.1) is 29.9 Å². The van der Waals surface area contributed by atoms with Crippen LogP contribution in [0.1, 0.15) is 64.5 Å². The lowest BCUT2D eigenvalue weighted by Crippen LogP contribution is -2.49. The van der Waals surface area contributed by atoms with E-state index in [1.807, 2.05) is 18.2 Å². The second-order valence-electron chi connectivity index (χ2n) is 14.2. The van der Waals surface area contributed by atoms with Crippen LogP contribution in [0.25, 0.3) is 0 Å². The summed E-state index contributed by atoms with van der Waals surface area (Å²) < 4.78 is 40.1. The van der Waals surface area contributed by atoms with Crippen molar-refractivity contribution in [3.8, 4) is 5.75 Å². The summed E-state index contributed by atoms with van der Waals surface area (Å²) in [5, 5.41) is 0.731. The number of nitrogens with zero attached hydrogens (tertiary/aromatic N) is 2. The second-order valence-corrected chi connectivity index (χ2v) is 16.6. The van der Waals surface area contributed by atoms with Gasteiger partial charge in [-0.3, -0.25) is 14.3 Å². The van der Waals surface area contributed by atoms with Gasteiger partial charge < -0.3 is 19.1 Å². The Balaban J connectivity index is 1.51. The van der Waals surface area contributed by atoms with Gasteiger partial charge in [0.1, 0.15) is 11.4 Å². The molecule has 254 valence electrons. The number of amides is 2. The Bertz CT molecular complexity index is 1700. The summed E-state index contributed by atoms with van der Waals surface area (Å²) >= 11 is 6.45. The van der Waals surface area contributed by atoms with Gasteiger partial charge >= 0.3 is 0 Å². The van der Waals surface area contributed by atoms with Crippen LogP contribution in [-0.4, -0.2) is 61.1 Å². The lowest BCUT2D eigenvalue weighted by molar-refractivity contribution is -0.137. The third-order valence-electron chi connectivity index (χ3n) is 10.3. The molecule has 2 heterocycles. The normalized spacial score (nSPS) is 31.0. The fourth-order valence-corrected chi connectivity index (χ4v) is 9.27. The van der Waals surface area contributed by atoms with E-state index in [0.717, 1.165) is 49.4 Å². The van der Waals surface area contributed by atoms with Gasteiger partial charge in [-0.1, -0.05) is 43.7 Å². The monoisotopic (exact) mass is 683 g/mol. The van der Waals surface area contributed by atoms with Gasteiger partial charge in [-0.05, 0) is 99.2 Å². The van der Waals surface area contributed by atoms with Crippen LogP contribution >= 0.6 is 11.6 Å². The van der Waals surface area contributed by atoms with Crippen molar-refractivity contribution in [1.82, 2.24) is 4.72 Å². The highest BCUT2D eigenvalue weighted by atomic mass is 35.5. The smallest absolute Gasteiger partial charge is 0.287 e. The molecule has 1 spiro atoms. The van der Waals surface area contributed by atoms with Crippen molar-refractivity contribution in [3.63, 3.8) is 0 Å². The summed E-state index contributed by atoms with van der Waals surface area (Å²) in [5.74, 6) is -0.366. The number of aryl methyl sites for hydroxylation is 1. The molecule has 1 saturated carbocycles. The van der Waals surface area contributed by atoms with E-state index in [2.05, 4.69) is 26.1 Å². The van der Waals surface area contributed by atoms with Crippen LogP contribution < -0.4 is 14.4 Å². The number of rotatable bonds is 3. The minimum Gasteiger partial charge on any atom is -0.490 e. The highest BCUT2D eigenvalue weighted by molar-refractivity contribution is 7.92. The molecule has 4 aliphatic rings. The lowest BCUT2D eigenvalue weighted by Gasteiger charge is -2.46. The third-order valence-corrected chi connectivity index (χ3v) is 12.3. The Kier molecular flexibility index (Phi) is 9.52. The van der Waals surface area contributed by atoms with Crippen LogP contribution in [0.5, 0.6) is 5.75 Å². The maximum Gasteiger partial charge on any atom is 0.287 e. The number of fused-ring (bicyclic) bond motifs is 4. The van der Waals surface area contributed by atoms with E-state index in [9.17, 15) is 13.8 Å². The standard InChI is InChI=1S/C36H46ClN3O6S/c1-23(2)33(41)38-47(43)27-12-15-32-30(19-27)40(21-36(22-45-32)16-6-8-24-18-26(37)11-14-29(24)36)20-25-10-13-28(25)31(44-5)9-7-17-46-35(3,4)34(42)39-47/h7,9,11-12,14-15,18-19,23,25,28,31H,6,8,10,13,16-17,20-22H2,1-5H3,(H,38,39,41,42,43)/b9-7-/t25-,28+,31+,36-,47?/m0/s1. The van der Waals surface area contributed by atoms with Gasteiger partial charge in [0.15, 0.2) is 9.92 Å². The fraction of sp³-hybridized carbons (Fsp3) is 0.556. The van der Waals surface area contributed by atoms with E-state index in [1.165, 1.54) is 11.1 Å². The molecule has 2 aromatic carbocycles. The Morgan fingerprint density at radius 3 is 2.72 bits per heavy atom. The number of halogens is 1. The Hall–Kier alpha value is -2.92. The highest BCUT2D eigenvalue weighted by Gasteiger charge is 2.44. The molecule has 5 atom stereocenters. The van der Waals surface area contributed by atoms with Crippen molar-refractivity contribution in [3.05, 3.63) is 64.7 Å². The van der Waals surface area contributed by atoms with Gasteiger partial charge in [-0.2, -0.15) is 0 Å². The lowest BCUT2D eigenvalue weighted by atomic mass is 9.68. The topological polar surface area (TPSA) is 107 Å². The number of carbonyl (C=O) groups is 2. The number of carbonyl (C=O) groups excluding carboxylic acids is 2. The summed E-state index contributed by atoms with van der Waals surface area (Å²) in [4.78, 5) is 29.2. The molecule has 2 aliphatic carbocycles. The van der Waals surface area contributed by atoms with Gasteiger partial charge in [0, 0.05) is 36.6 Å². The first kappa shape index (κ1) is 34.0. The van der Waals surface area contributed by atoms with Gasteiger partial charge in [0.2, 0.25) is 5.91 Å². The van der Waals surface area contributed by atoms with Gasteiger partial charge in [-0.15, -0.1) is 4.36 Å². The van der Waals surface area contributed by atoms with Crippen LogP contribution in [0.15, 0.2) is 57.8 Å². The first-order valence-electron chi connectivity index (χ1n) is 16.6. The van der Waals surface area contributed by atoms with Gasteiger partial charge in [0.25, 0.3) is 5.91 Å². The zero-order chi connectivity index (χ0) is 33.6. The van der Waals surface area contributed by atoms with Crippen molar-refractivity contribution in [2.45, 2.75) is 81.8 Å². The molecule has 2 bridgehead atoms. The molecule has 1 N–H and O–H groups in total. The largest absolute Gasteiger partial charge is 0.490 e. The summed E-state index contributed by atoms with van der Waals surface area (Å²) in [6, 6.07) is 11.4. The zero-order valence-corrected chi connectivity index (χ0v) is 29.5. The van der Waals surface area contributed by atoms with E-state index in [-0.39, 0.29) is 23.0 Å². The van der Waals surface area contributed by atoms with Crippen LogP contribution in [0.2, 0.25) is 5.02 Å². The van der Waals surface area contributed by atoms with Crippen molar-refractivity contribution in [2.75, 3.05) is 38.3 Å². The molecule has 47 heavy (non-hydrogen) atoms. The number of benzene rings is 2. The maximum absolute atomic E-state index is 14.8. The minimum atomic E-state index is -3.74. The molecule has 9 nitrogen and oxygen atoms in total. The van der Waals surface area contributed by atoms with Crippen molar-refractivity contribution in [1.29, 1.82) is 0 Å². The SMILES string of the molecule is CO[C@@H]1/C=C\COC(C)(C)C(=O)N=S(=O)(NC(=O)C(C)C)c2ccc3c(c2)N(C[C@@H]2CC[C@H]21)C[C@@]1(CCCc2cc(Cl)ccc21)CO3. The molecule has 2 aliphatic heterocycles. The summed E-state index contributed by atoms with van der Waals surface area (Å²) in [6.45, 7) is 8.66. The van der Waals surface area contributed by atoms with Crippen LogP contribution in [-0.2, 0) is 40.8 Å². The predicted molar refractivity (Wildman–Crippen MR) is 183 cm³/mol.